The molecule has 1 unspecified atom stereocenters. The van der Waals surface area contributed by atoms with Crippen LogP contribution in [-0.2, 0) is 4.79 Å². The lowest BCUT2D eigenvalue weighted by molar-refractivity contribution is -0.123. The van der Waals surface area contributed by atoms with E-state index in [-0.39, 0.29) is 24.3 Å². The van der Waals surface area contributed by atoms with Gasteiger partial charge in [0.1, 0.15) is 0 Å². The second kappa shape index (κ2) is 7.94. The van der Waals surface area contributed by atoms with Crippen LogP contribution in [0.3, 0.4) is 0 Å². The van der Waals surface area contributed by atoms with Crippen LogP contribution in [0.25, 0.3) is 0 Å². The zero-order chi connectivity index (χ0) is 16.8. The third-order valence-electron chi connectivity index (χ3n) is 3.33. The van der Waals surface area contributed by atoms with Gasteiger partial charge in [-0.3, -0.25) is 9.59 Å². The van der Waals surface area contributed by atoms with E-state index in [0.717, 1.165) is 0 Å². The van der Waals surface area contributed by atoms with Crippen molar-refractivity contribution in [2.45, 2.75) is 34.1 Å². The monoisotopic (exact) mass is 306 g/mol. The van der Waals surface area contributed by atoms with Crippen LogP contribution in [0, 0.1) is 11.3 Å². The number of aliphatic hydroxyl groups is 1. The number of hydrogen-bond acceptors (Lipinski definition) is 3. The van der Waals surface area contributed by atoms with Gasteiger partial charge in [-0.05, 0) is 24.5 Å². The Bertz CT molecular complexity index is 521. The van der Waals surface area contributed by atoms with E-state index in [0.29, 0.717) is 24.2 Å². The lowest BCUT2D eigenvalue weighted by Crippen LogP contribution is -2.31. The molecule has 122 valence electrons. The highest BCUT2D eigenvalue weighted by atomic mass is 16.3. The standard InChI is InChI=1S/C17H26N2O3/c1-12(9-10-20)11-18-15(21)13-7-5-6-8-14(13)19-16(22)17(2,3)4/h5-8,12,20H,9-11H2,1-4H3,(H,18,21)(H,19,22). The Balaban J connectivity index is 2.79. The van der Waals surface area contributed by atoms with Gasteiger partial charge in [0.25, 0.3) is 5.91 Å². The molecular weight excluding hydrogens is 280 g/mol. The van der Waals surface area contributed by atoms with Gasteiger partial charge in [0.05, 0.1) is 11.3 Å². The summed E-state index contributed by atoms with van der Waals surface area (Å²) in [5.74, 6) is -0.165. The Hall–Kier alpha value is -1.88. The number of benzene rings is 1. The van der Waals surface area contributed by atoms with Gasteiger partial charge in [-0.15, -0.1) is 0 Å². The lowest BCUT2D eigenvalue weighted by Gasteiger charge is -2.19. The second-order valence-electron chi connectivity index (χ2n) is 6.58. The molecule has 1 aromatic carbocycles. The number of carbonyl (C=O) groups excluding carboxylic acids is 2. The largest absolute Gasteiger partial charge is 0.396 e. The fourth-order valence-electron chi connectivity index (χ4n) is 1.78. The first-order valence-electron chi connectivity index (χ1n) is 7.55. The second-order valence-corrected chi connectivity index (χ2v) is 6.58. The zero-order valence-electron chi connectivity index (χ0n) is 13.8. The SMILES string of the molecule is CC(CCO)CNC(=O)c1ccccc1NC(=O)C(C)(C)C. The summed E-state index contributed by atoms with van der Waals surface area (Å²) in [7, 11) is 0. The van der Waals surface area contributed by atoms with Crippen molar-refractivity contribution in [1.29, 1.82) is 0 Å². The Morgan fingerprint density at radius 2 is 1.86 bits per heavy atom. The third-order valence-corrected chi connectivity index (χ3v) is 3.33. The minimum Gasteiger partial charge on any atom is -0.396 e. The van der Waals surface area contributed by atoms with Gasteiger partial charge >= 0.3 is 0 Å². The number of hydrogen-bond donors (Lipinski definition) is 3. The number of amides is 2. The molecule has 0 aliphatic carbocycles. The minimum atomic E-state index is -0.529. The molecule has 0 fully saturated rings. The maximum Gasteiger partial charge on any atom is 0.253 e. The Morgan fingerprint density at radius 1 is 1.23 bits per heavy atom. The van der Waals surface area contributed by atoms with Crippen LogP contribution < -0.4 is 10.6 Å². The Kier molecular flexibility index (Phi) is 6.56. The average molecular weight is 306 g/mol. The van der Waals surface area contributed by atoms with Crippen LogP contribution in [0.2, 0.25) is 0 Å². The molecule has 5 heteroatoms. The molecule has 0 aliphatic heterocycles. The number of para-hydroxylation sites is 1. The van der Waals surface area contributed by atoms with Crippen LogP contribution in [0.15, 0.2) is 24.3 Å². The van der Waals surface area contributed by atoms with Crippen molar-refractivity contribution in [2.75, 3.05) is 18.5 Å². The van der Waals surface area contributed by atoms with E-state index in [1.54, 1.807) is 24.3 Å². The fourth-order valence-corrected chi connectivity index (χ4v) is 1.78. The van der Waals surface area contributed by atoms with Crippen molar-refractivity contribution >= 4 is 17.5 Å². The van der Waals surface area contributed by atoms with Crippen molar-refractivity contribution < 1.29 is 14.7 Å². The van der Waals surface area contributed by atoms with E-state index < -0.39 is 5.41 Å². The van der Waals surface area contributed by atoms with E-state index in [1.807, 2.05) is 27.7 Å². The summed E-state index contributed by atoms with van der Waals surface area (Å²) in [4.78, 5) is 24.4. The molecule has 0 bridgehead atoms. The first-order valence-corrected chi connectivity index (χ1v) is 7.55. The van der Waals surface area contributed by atoms with Crippen molar-refractivity contribution in [1.82, 2.24) is 5.32 Å². The van der Waals surface area contributed by atoms with E-state index in [9.17, 15) is 9.59 Å². The molecule has 0 radical (unpaired) electrons. The summed E-state index contributed by atoms with van der Waals surface area (Å²) in [6, 6.07) is 6.95. The zero-order valence-corrected chi connectivity index (χ0v) is 13.8. The number of nitrogens with one attached hydrogen (secondary N) is 2. The molecular formula is C17H26N2O3. The predicted molar refractivity (Wildman–Crippen MR) is 87.7 cm³/mol. The lowest BCUT2D eigenvalue weighted by atomic mass is 9.95. The average Bonchev–Trinajstić information content (AvgIpc) is 2.44. The van der Waals surface area contributed by atoms with Crippen molar-refractivity contribution in [2.24, 2.45) is 11.3 Å². The summed E-state index contributed by atoms with van der Waals surface area (Å²) in [5, 5.41) is 14.5. The molecule has 1 aromatic rings. The van der Waals surface area contributed by atoms with Crippen LogP contribution in [-0.4, -0.2) is 30.1 Å². The van der Waals surface area contributed by atoms with Crippen molar-refractivity contribution in [3.05, 3.63) is 29.8 Å². The van der Waals surface area contributed by atoms with Gasteiger partial charge in [-0.25, -0.2) is 0 Å². The smallest absolute Gasteiger partial charge is 0.253 e. The predicted octanol–water partition coefficient (Wildman–Crippen LogP) is 2.42. The van der Waals surface area contributed by atoms with Gasteiger partial charge in [-0.1, -0.05) is 39.8 Å². The summed E-state index contributed by atoms with van der Waals surface area (Å²) in [6.07, 6.45) is 0.642. The van der Waals surface area contributed by atoms with Crippen molar-refractivity contribution in [3.63, 3.8) is 0 Å². The molecule has 2 amide bonds. The fraction of sp³-hybridized carbons (Fsp3) is 0.529. The quantitative estimate of drug-likeness (QED) is 0.755. The summed E-state index contributed by atoms with van der Waals surface area (Å²) >= 11 is 0. The van der Waals surface area contributed by atoms with E-state index in [1.165, 1.54) is 0 Å². The molecule has 0 aliphatic rings. The number of anilines is 1. The number of rotatable bonds is 6. The highest BCUT2D eigenvalue weighted by Gasteiger charge is 2.23. The summed E-state index contributed by atoms with van der Waals surface area (Å²) < 4.78 is 0. The van der Waals surface area contributed by atoms with E-state index >= 15 is 0 Å². The van der Waals surface area contributed by atoms with Crippen LogP contribution in [0.5, 0.6) is 0 Å². The van der Waals surface area contributed by atoms with Gasteiger partial charge in [0.2, 0.25) is 5.91 Å². The topological polar surface area (TPSA) is 78.4 Å². The van der Waals surface area contributed by atoms with E-state index in [2.05, 4.69) is 10.6 Å². The van der Waals surface area contributed by atoms with Crippen LogP contribution in [0.4, 0.5) is 5.69 Å². The molecule has 0 saturated carbocycles. The highest BCUT2D eigenvalue weighted by Crippen LogP contribution is 2.20. The normalized spacial score (nSPS) is 12.6. The van der Waals surface area contributed by atoms with Crippen LogP contribution >= 0.6 is 0 Å². The first-order chi connectivity index (χ1) is 10.3. The van der Waals surface area contributed by atoms with Crippen molar-refractivity contribution in [3.8, 4) is 0 Å². The van der Waals surface area contributed by atoms with E-state index in [4.69, 9.17) is 5.11 Å². The third kappa shape index (κ3) is 5.48. The Labute approximate surface area is 132 Å². The molecule has 0 heterocycles. The molecule has 0 spiro atoms. The molecule has 0 saturated heterocycles. The van der Waals surface area contributed by atoms with Gasteiger partial charge < -0.3 is 15.7 Å². The first kappa shape index (κ1) is 18.2. The van der Waals surface area contributed by atoms with Crippen LogP contribution in [0.1, 0.15) is 44.5 Å². The highest BCUT2D eigenvalue weighted by molar-refractivity contribution is 6.04. The molecule has 22 heavy (non-hydrogen) atoms. The molecule has 3 N–H and O–H groups in total. The maximum absolute atomic E-state index is 12.3. The van der Waals surface area contributed by atoms with Gasteiger partial charge in [0.15, 0.2) is 0 Å². The number of carbonyl (C=O) groups is 2. The van der Waals surface area contributed by atoms with Gasteiger partial charge in [0, 0.05) is 18.6 Å². The van der Waals surface area contributed by atoms with Gasteiger partial charge in [-0.2, -0.15) is 0 Å². The number of aliphatic hydroxyl groups excluding tert-OH is 1. The minimum absolute atomic E-state index is 0.106. The maximum atomic E-state index is 12.3. The molecule has 1 atom stereocenters. The molecule has 0 aromatic heterocycles. The summed E-state index contributed by atoms with van der Waals surface area (Å²) in [6.45, 7) is 8.02. The Morgan fingerprint density at radius 3 is 2.45 bits per heavy atom. The summed E-state index contributed by atoms with van der Waals surface area (Å²) in [5.41, 5.74) is 0.421. The molecule has 5 nitrogen and oxygen atoms in total. The molecule has 1 rings (SSSR count).